The van der Waals surface area contributed by atoms with Gasteiger partial charge in [0, 0.05) is 46.1 Å². The topological polar surface area (TPSA) is 481 Å². The molecule has 0 aromatic heterocycles. The standard InChI is InChI=1S/C57H91N5O27/c1-7-8-9-10-11-12-13-14-15-19-80-33-18-16-17-32(20-33)52(78)62-40-45(74)44(73)36(23-65)83-55(40)87-50-38(25-67)85-57(42(47(50)76)60-30(5)71)89-51-39(26-68)86-56(43(48(51)77)61-31(6)72)88-49-37(24-66)84-54(41(46(49)75)59-29(4)70)82-35(22-64)34(21-63)81-53(79)27(2)58-28(3)69/h16-18,20,27,34-51,53-57,63-68,73-77,79H,7-11,14-15,19,21-26H2,1-6H3,(H,58,69)(H,59,70)(H,60,71)(H,61,72)(H,62,78)/t27-,34?,35?,36?,37-,38-,39?,40-,41?,42?,43-,44+,45+,46?,47?,48+,49+,50+,51?,53?,54?,55?,56-,57-/m0/s1. The average Bonchev–Trinajstić information content (AvgIpc) is 1.15. The number of nitrogens with one attached hydrogen (secondary N) is 5. The summed E-state index contributed by atoms with van der Waals surface area (Å²) in [5.74, 6) is 2.90. The van der Waals surface area contributed by atoms with Gasteiger partial charge in [0.05, 0.1) is 52.3 Å². The van der Waals surface area contributed by atoms with E-state index in [0.717, 1.165) is 46.5 Å². The van der Waals surface area contributed by atoms with Crippen molar-refractivity contribution in [3.05, 3.63) is 29.8 Å². The largest absolute Gasteiger partial charge is 0.494 e. The molecule has 0 aliphatic carbocycles. The van der Waals surface area contributed by atoms with E-state index in [1.165, 1.54) is 32.4 Å². The van der Waals surface area contributed by atoms with Crippen molar-refractivity contribution in [2.45, 2.75) is 234 Å². The Labute approximate surface area is 514 Å². The number of benzene rings is 1. The summed E-state index contributed by atoms with van der Waals surface area (Å²) in [6.45, 7) is 2.47. The smallest absolute Gasteiger partial charge is 0.251 e. The van der Waals surface area contributed by atoms with Crippen LogP contribution < -0.4 is 31.3 Å². The molecule has 0 saturated carbocycles. The molecule has 89 heavy (non-hydrogen) atoms. The molecule has 32 heteroatoms. The van der Waals surface area contributed by atoms with Crippen LogP contribution in [0.1, 0.15) is 96.8 Å². The highest BCUT2D eigenvalue weighted by Gasteiger charge is 2.57. The summed E-state index contributed by atoms with van der Waals surface area (Å²) in [6, 6.07) is -1.73. The highest BCUT2D eigenvalue weighted by molar-refractivity contribution is 5.94. The molecule has 5 amide bonds. The number of unbranched alkanes of at least 4 members (excludes halogenated alkanes) is 5. The van der Waals surface area contributed by atoms with E-state index in [2.05, 4.69) is 45.3 Å². The third-order valence-electron chi connectivity index (χ3n) is 15.1. The average molecular weight is 1280 g/mol. The second-order valence-corrected chi connectivity index (χ2v) is 22.1. The Morgan fingerprint density at radius 1 is 0.551 bits per heavy atom. The molecule has 4 fully saturated rings. The van der Waals surface area contributed by atoms with Gasteiger partial charge >= 0.3 is 0 Å². The van der Waals surface area contributed by atoms with Gasteiger partial charge in [0.15, 0.2) is 31.5 Å². The first-order chi connectivity index (χ1) is 42.4. The first-order valence-electron chi connectivity index (χ1n) is 29.7. The highest BCUT2D eigenvalue weighted by atomic mass is 16.8. The predicted octanol–water partition coefficient (Wildman–Crippen LogP) is -6.14. The maximum absolute atomic E-state index is 13.9. The lowest BCUT2D eigenvalue weighted by molar-refractivity contribution is -0.364. The van der Waals surface area contributed by atoms with Crippen LogP contribution in [0.5, 0.6) is 5.75 Å². The molecule has 24 atom stereocenters. The van der Waals surface area contributed by atoms with Crippen molar-refractivity contribution in [3.8, 4) is 17.6 Å². The number of amides is 5. The number of ether oxygens (including phenoxy) is 10. The molecule has 0 spiro atoms. The number of rotatable bonds is 32. The number of carbonyl (C=O) groups excluding carboxylic acids is 5. The molecule has 0 bridgehead atoms. The molecular formula is C57H91N5O27. The fraction of sp³-hybridized carbons (Fsp3) is 0.772. The number of carbonyl (C=O) groups is 5. The molecule has 4 aliphatic rings. The van der Waals surface area contributed by atoms with Crippen LogP contribution in [-0.2, 0) is 61.8 Å². The maximum atomic E-state index is 13.9. The molecule has 4 saturated heterocycles. The molecule has 4 heterocycles. The van der Waals surface area contributed by atoms with Gasteiger partial charge in [-0.15, -0.1) is 11.8 Å². The van der Waals surface area contributed by atoms with Crippen LogP contribution in [0.15, 0.2) is 24.3 Å². The van der Waals surface area contributed by atoms with Crippen molar-refractivity contribution in [3.63, 3.8) is 0 Å². The van der Waals surface area contributed by atoms with Crippen LogP contribution in [0.2, 0.25) is 0 Å². The normalized spacial score (nSPS) is 33.5. The van der Waals surface area contributed by atoms with E-state index in [4.69, 9.17) is 47.4 Å². The van der Waals surface area contributed by atoms with E-state index in [9.17, 15) is 85.3 Å². The number of aliphatic hydroxyl groups excluding tert-OH is 12. The van der Waals surface area contributed by atoms with Gasteiger partial charge in [0.1, 0.15) is 115 Å². The second-order valence-electron chi connectivity index (χ2n) is 22.1. The van der Waals surface area contributed by atoms with Crippen molar-refractivity contribution in [1.82, 2.24) is 26.6 Å². The molecule has 5 rings (SSSR count). The van der Waals surface area contributed by atoms with Gasteiger partial charge in [-0.2, -0.15) is 0 Å². The van der Waals surface area contributed by atoms with Crippen LogP contribution in [0, 0.1) is 11.8 Å². The SMILES string of the molecule is CCCCCCC#CCCCOc1cccc(C(=O)N[C@@H]2C(O[C@H]3C(O)C(NC(C)=O)[C@H](OC4C(CO)O[C@@H](O[C@H]5C(O)C(NC(C)=O)C(OC(CO)C(CO)OC(O)[C@H](C)NC(C)=O)O[C@H]5CO)[C@@H](NC(C)=O)[C@H]4O)O[C@H]3CO)OC(CO)[C@@H](O)[C@@H]2O)c1. The van der Waals surface area contributed by atoms with Gasteiger partial charge in [-0.3, -0.25) is 24.0 Å². The maximum Gasteiger partial charge on any atom is 0.251 e. The molecule has 0 radical (unpaired) electrons. The third-order valence-corrected chi connectivity index (χ3v) is 15.1. The molecule has 32 nitrogen and oxygen atoms in total. The Balaban J connectivity index is 1.34. The Morgan fingerprint density at radius 2 is 1.00 bits per heavy atom. The lowest BCUT2D eigenvalue weighted by Crippen LogP contribution is -2.72. The quantitative estimate of drug-likeness (QED) is 0.0181. The van der Waals surface area contributed by atoms with Crippen molar-refractivity contribution in [2.24, 2.45) is 0 Å². The van der Waals surface area contributed by atoms with Crippen molar-refractivity contribution < 1.29 is 133 Å². The number of aliphatic hydroxyl groups is 12. The fourth-order valence-corrected chi connectivity index (χ4v) is 10.5. The first kappa shape index (κ1) is 74.8. The molecule has 1 aromatic rings. The van der Waals surface area contributed by atoms with Crippen LogP contribution in [-0.4, -0.2) is 284 Å². The molecule has 1 aromatic carbocycles. The van der Waals surface area contributed by atoms with Gasteiger partial charge in [-0.25, -0.2) is 0 Å². The van der Waals surface area contributed by atoms with Gasteiger partial charge in [0.2, 0.25) is 23.6 Å². The lowest BCUT2D eigenvalue weighted by atomic mass is 9.93. The zero-order chi connectivity index (χ0) is 65.6. The third kappa shape index (κ3) is 21.1. The van der Waals surface area contributed by atoms with Gasteiger partial charge in [-0.1, -0.05) is 32.3 Å². The second kappa shape index (κ2) is 37.0. The van der Waals surface area contributed by atoms with Gasteiger partial charge < -0.3 is 135 Å². The summed E-state index contributed by atoms with van der Waals surface area (Å²) in [6.07, 6.45) is -27.4. The van der Waals surface area contributed by atoms with E-state index in [0.29, 0.717) is 25.2 Å². The van der Waals surface area contributed by atoms with Crippen LogP contribution in [0.4, 0.5) is 0 Å². The zero-order valence-corrected chi connectivity index (χ0v) is 50.6. The zero-order valence-electron chi connectivity index (χ0n) is 50.6. The molecule has 4 aliphatic heterocycles. The molecule has 12 unspecified atom stereocenters. The van der Waals surface area contributed by atoms with Gasteiger partial charge in [0.25, 0.3) is 5.91 Å². The minimum atomic E-state index is -2.03. The summed E-state index contributed by atoms with van der Waals surface area (Å²) in [5.41, 5.74) is 0.0440. The van der Waals surface area contributed by atoms with E-state index < -0.39 is 216 Å². The van der Waals surface area contributed by atoms with E-state index in [1.54, 1.807) is 12.1 Å². The Kier molecular flexibility index (Phi) is 31.1. The monoisotopic (exact) mass is 1280 g/mol. The molecular weight excluding hydrogens is 1190 g/mol. The number of hydrogen-bond acceptors (Lipinski definition) is 27. The summed E-state index contributed by atoms with van der Waals surface area (Å²) in [5, 5.41) is 144. The van der Waals surface area contributed by atoms with E-state index >= 15 is 0 Å². The Morgan fingerprint density at radius 3 is 1.45 bits per heavy atom. The van der Waals surface area contributed by atoms with E-state index in [1.807, 2.05) is 0 Å². The molecule has 17 N–H and O–H groups in total. The van der Waals surface area contributed by atoms with Crippen molar-refractivity contribution in [1.29, 1.82) is 0 Å². The summed E-state index contributed by atoms with van der Waals surface area (Å²) in [4.78, 5) is 63.7. The number of hydrogen-bond donors (Lipinski definition) is 17. The Bertz CT molecular complexity index is 2430. The highest BCUT2D eigenvalue weighted by Crippen LogP contribution is 2.35. The first-order valence-corrected chi connectivity index (χ1v) is 29.7. The van der Waals surface area contributed by atoms with Crippen molar-refractivity contribution >= 4 is 29.5 Å². The minimum absolute atomic E-state index is 0.0440. The van der Waals surface area contributed by atoms with Gasteiger partial charge in [-0.05, 0) is 38.0 Å². The summed E-state index contributed by atoms with van der Waals surface area (Å²) < 4.78 is 59.8. The lowest BCUT2D eigenvalue weighted by Gasteiger charge is -2.51. The molecule has 506 valence electrons. The summed E-state index contributed by atoms with van der Waals surface area (Å²) >= 11 is 0. The Hall–Kier alpha value is -4.91. The fourth-order valence-electron chi connectivity index (χ4n) is 10.5. The van der Waals surface area contributed by atoms with Crippen LogP contribution in [0.25, 0.3) is 0 Å². The van der Waals surface area contributed by atoms with E-state index in [-0.39, 0.29) is 5.56 Å². The minimum Gasteiger partial charge on any atom is -0.494 e. The van der Waals surface area contributed by atoms with Crippen molar-refractivity contribution in [2.75, 3.05) is 46.2 Å². The summed E-state index contributed by atoms with van der Waals surface area (Å²) in [7, 11) is 0. The predicted molar refractivity (Wildman–Crippen MR) is 303 cm³/mol. The van der Waals surface area contributed by atoms with Crippen LogP contribution >= 0.6 is 0 Å². The van der Waals surface area contributed by atoms with Crippen LogP contribution in [0.3, 0.4) is 0 Å².